The number of rotatable bonds is 0. The minimum absolute atomic E-state index is 0.578. The first-order chi connectivity index (χ1) is 6.90. The van der Waals surface area contributed by atoms with Gasteiger partial charge in [0, 0.05) is 17.5 Å². The average Bonchev–Trinajstić information content (AvgIpc) is 2.40. The third kappa shape index (κ3) is 1.59. The average molecular weight is 181 g/mol. The molecule has 0 radical (unpaired) electrons. The summed E-state index contributed by atoms with van der Waals surface area (Å²) < 4.78 is 0. The Morgan fingerprint density at radius 2 is 2.14 bits per heavy atom. The first-order valence-electron chi connectivity index (χ1n) is 4.17. The lowest BCUT2D eigenvalue weighted by atomic mass is 10.3. The molecule has 3 nitrogen and oxygen atoms in total. The summed E-state index contributed by atoms with van der Waals surface area (Å²) in [6.45, 7) is 0. The summed E-state index contributed by atoms with van der Waals surface area (Å²) in [4.78, 5) is 8.34. The summed E-state index contributed by atoms with van der Waals surface area (Å²) in [6, 6.07) is 9.60. The van der Waals surface area contributed by atoms with Gasteiger partial charge in [-0.2, -0.15) is 5.26 Å². The molecule has 0 unspecified atom stereocenters. The molecule has 0 saturated carbocycles. The van der Waals surface area contributed by atoms with Crippen LogP contribution in [0.25, 0.3) is 6.20 Å². The summed E-state index contributed by atoms with van der Waals surface area (Å²) in [5.74, 6) is 0. The van der Waals surface area contributed by atoms with Gasteiger partial charge in [0.25, 0.3) is 0 Å². The molecule has 0 aliphatic carbocycles. The summed E-state index contributed by atoms with van der Waals surface area (Å²) in [5, 5.41) is 10.3. The third-order valence-corrected chi connectivity index (χ3v) is 1.82. The highest BCUT2D eigenvalue weighted by Gasteiger charge is 1.93. The molecule has 1 aromatic carbocycles. The van der Waals surface area contributed by atoms with Gasteiger partial charge in [-0.15, -0.1) is 0 Å². The minimum Gasteiger partial charge on any atom is -0.262 e. The molecule has 0 fully saturated rings. The third-order valence-electron chi connectivity index (χ3n) is 1.82. The molecule has 0 saturated heterocycles. The van der Waals surface area contributed by atoms with Crippen LogP contribution in [0.4, 0.5) is 0 Å². The van der Waals surface area contributed by atoms with Crippen molar-refractivity contribution in [1.29, 1.82) is 5.26 Å². The van der Waals surface area contributed by atoms with Crippen molar-refractivity contribution in [2.24, 2.45) is 9.98 Å². The number of hydrogen-bond acceptors (Lipinski definition) is 3. The van der Waals surface area contributed by atoms with Crippen LogP contribution in [0, 0.1) is 11.3 Å². The van der Waals surface area contributed by atoms with Crippen molar-refractivity contribution >= 4 is 12.4 Å². The number of nitrogens with zero attached hydrogens (tertiary/aromatic N) is 3. The van der Waals surface area contributed by atoms with Gasteiger partial charge in [0.15, 0.2) is 0 Å². The number of nitriles is 1. The first-order valence-corrected chi connectivity index (χ1v) is 4.17. The molecule has 2 rings (SSSR count). The Hall–Kier alpha value is -2.21. The molecule has 1 aromatic rings. The zero-order chi connectivity index (χ0) is 9.80. The Kier molecular flexibility index (Phi) is 2.20. The van der Waals surface area contributed by atoms with Crippen LogP contribution in [0.2, 0.25) is 0 Å². The van der Waals surface area contributed by atoms with E-state index in [2.05, 4.69) is 9.98 Å². The summed E-state index contributed by atoms with van der Waals surface area (Å²) in [5.41, 5.74) is 0.578. The van der Waals surface area contributed by atoms with Gasteiger partial charge >= 0.3 is 0 Å². The van der Waals surface area contributed by atoms with Gasteiger partial charge in [-0.3, -0.25) is 4.99 Å². The topological polar surface area (TPSA) is 48.5 Å². The van der Waals surface area contributed by atoms with E-state index >= 15 is 0 Å². The van der Waals surface area contributed by atoms with Gasteiger partial charge < -0.3 is 0 Å². The fourth-order valence-electron chi connectivity index (χ4n) is 1.20. The van der Waals surface area contributed by atoms with Crippen molar-refractivity contribution < 1.29 is 0 Å². The Labute approximate surface area is 81.1 Å². The molecule has 0 N–H and O–H groups in total. The van der Waals surface area contributed by atoms with Gasteiger partial charge in [0.2, 0.25) is 0 Å². The molecule has 66 valence electrons. The minimum atomic E-state index is 0.578. The van der Waals surface area contributed by atoms with Crippen molar-refractivity contribution in [3.8, 4) is 6.07 Å². The molecule has 0 atom stereocenters. The van der Waals surface area contributed by atoms with Gasteiger partial charge in [-0.1, -0.05) is 18.2 Å². The second kappa shape index (κ2) is 3.67. The van der Waals surface area contributed by atoms with Crippen molar-refractivity contribution in [3.05, 3.63) is 46.6 Å². The largest absolute Gasteiger partial charge is 0.262 e. The van der Waals surface area contributed by atoms with E-state index in [-0.39, 0.29) is 0 Å². The van der Waals surface area contributed by atoms with E-state index in [1.807, 2.05) is 30.3 Å². The number of para-hydroxylation sites is 1. The lowest BCUT2D eigenvalue weighted by Crippen LogP contribution is -2.23. The maximum Gasteiger partial charge on any atom is 0.0935 e. The molecule has 1 aliphatic rings. The van der Waals surface area contributed by atoms with E-state index in [0.29, 0.717) is 5.70 Å². The van der Waals surface area contributed by atoms with Crippen molar-refractivity contribution in [2.45, 2.75) is 0 Å². The normalized spacial score (nSPS) is 16.1. The van der Waals surface area contributed by atoms with Crippen LogP contribution in [-0.4, -0.2) is 6.21 Å². The van der Waals surface area contributed by atoms with Gasteiger partial charge in [-0.25, -0.2) is 4.99 Å². The van der Waals surface area contributed by atoms with Crippen LogP contribution >= 0.6 is 0 Å². The molecule has 3 heteroatoms. The molecule has 0 amide bonds. The van der Waals surface area contributed by atoms with E-state index < -0.39 is 0 Å². The van der Waals surface area contributed by atoms with Crippen molar-refractivity contribution in [3.63, 3.8) is 0 Å². The molecule has 0 bridgehead atoms. The smallest absolute Gasteiger partial charge is 0.0935 e. The summed E-state index contributed by atoms with van der Waals surface area (Å²) in [7, 11) is 0. The van der Waals surface area contributed by atoms with Crippen LogP contribution in [0.15, 0.2) is 46.0 Å². The fourth-order valence-corrected chi connectivity index (χ4v) is 1.20. The number of allylic oxidation sites excluding steroid dienone is 2. The molecular weight excluding hydrogens is 174 g/mol. The second-order valence-corrected chi connectivity index (χ2v) is 2.78. The van der Waals surface area contributed by atoms with Crippen LogP contribution in [0.3, 0.4) is 0 Å². The molecular formula is C11H7N3. The Balaban J connectivity index is 2.71. The number of hydrogen-bond donors (Lipinski definition) is 0. The van der Waals surface area contributed by atoms with E-state index in [1.54, 1.807) is 12.4 Å². The fraction of sp³-hybridized carbons (Fsp3) is 0. The molecule has 0 aromatic heterocycles. The quantitative estimate of drug-likeness (QED) is 0.539. The van der Waals surface area contributed by atoms with Gasteiger partial charge in [-0.05, 0) is 6.07 Å². The monoisotopic (exact) mass is 181 g/mol. The highest BCUT2D eigenvalue weighted by atomic mass is 14.8. The molecule has 0 spiro atoms. The molecule has 14 heavy (non-hydrogen) atoms. The summed E-state index contributed by atoms with van der Waals surface area (Å²) in [6.07, 6.45) is 4.68. The van der Waals surface area contributed by atoms with E-state index in [0.717, 1.165) is 10.6 Å². The van der Waals surface area contributed by atoms with Crippen LogP contribution in [-0.2, 0) is 0 Å². The van der Waals surface area contributed by atoms with Crippen molar-refractivity contribution in [1.82, 2.24) is 0 Å². The van der Waals surface area contributed by atoms with Crippen molar-refractivity contribution in [2.75, 3.05) is 0 Å². The highest BCUT2D eigenvalue weighted by Crippen LogP contribution is 1.92. The number of benzene rings is 1. The lowest BCUT2D eigenvalue weighted by molar-refractivity contribution is 1.28. The van der Waals surface area contributed by atoms with Gasteiger partial charge in [0.1, 0.15) is 0 Å². The standard InChI is InChI=1S/C11H7N3/c12-6-5-10-8-13-7-9-3-1-2-4-11(9)14-10/h1-5,7-8H/b10-5-. The van der Waals surface area contributed by atoms with Crippen LogP contribution in [0.1, 0.15) is 0 Å². The maximum atomic E-state index is 8.50. The predicted molar refractivity (Wildman–Crippen MR) is 53.9 cm³/mol. The zero-order valence-electron chi connectivity index (χ0n) is 7.38. The maximum absolute atomic E-state index is 8.50. The Bertz CT molecular complexity index is 559. The van der Waals surface area contributed by atoms with E-state index in [9.17, 15) is 0 Å². The second-order valence-electron chi connectivity index (χ2n) is 2.78. The predicted octanol–water partition coefficient (Wildman–Crippen LogP) is 0.536. The van der Waals surface area contributed by atoms with E-state index in [4.69, 9.17) is 5.26 Å². The summed E-state index contributed by atoms with van der Waals surface area (Å²) >= 11 is 0. The van der Waals surface area contributed by atoms with Crippen LogP contribution in [0.5, 0.6) is 0 Å². The number of fused-ring (bicyclic) bond motifs is 1. The SMILES string of the molecule is N#C/C=C1/C=NC=c2ccccc2=N1. The lowest BCUT2D eigenvalue weighted by Gasteiger charge is -1.87. The highest BCUT2D eigenvalue weighted by molar-refractivity contribution is 5.81. The Morgan fingerprint density at radius 3 is 3.00 bits per heavy atom. The van der Waals surface area contributed by atoms with Gasteiger partial charge in [0.05, 0.1) is 23.3 Å². The number of aliphatic imine (C=N–C) groups is 1. The molecule has 1 aliphatic heterocycles. The Morgan fingerprint density at radius 1 is 1.29 bits per heavy atom. The zero-order valence-corrected chi connectivity index (χ0v) is 7.38. The van der Waals surface area contributed by atoms with Crippen LogP contribution < -0.4 is 10.6 Å². The molecule has 1 heterocycles. The van der Waals surface area contributed by atoms with E-state index in [1.165, 1.54) is 6.08 Å². The first kappa shape index (κ1) is 8.39.